The van der Waals surface area contributed by atoms with Crippen LogP contribution in [0.25, 0.3) is 32.3 Å². The second-order valence-electron chi connectivity index (χ2n) is 6.99. The standard InChI is InChI=1S/C22H13F7/c23-20(24,21(25,26)22(27,28)29)12-16-7-3-6-15-10-17-8-13-4-1-2-5-14(13)9-18(17)11-19(15)16/h1-11H,12H2. The minimum Gasteiger partial charge on any atom is -0.199 e. The zero-order valence-electron chi connectivity index (χ0n) is 14.7. The van der Waals surface area contributed by atoms with Crippen molar-refractivity contribution in [3.05, 3.63) is 72.3 Å². The molecule has 150 valence electrons. The molecule has 0 nitrogen and oxygen atoms in total. The molecule has 0 aromatic heterocycles. The van der Waals surface area contributed by atoms with Crippen LogP contribution in [-0.4, -0.2) is 18.0 Å². The maximum atomic E-state index is 14.0. The molecular formula is C22H13F7. The van der Waals surface area contributed by atoms with Crippen molar-refractivity contribution in [2.75, 3.05) is 0 Å². The molecule has 0 unspecified atom stereocenters. The number of hydrogen-bond donors (Lipinski definition) is 0. The fraction of sp³-hybridized carbons (Fsp3) is 0.182. The molecule has 4 aromatic carbocycles. The van der Waals surface area contributed by atoms with Crippen LogP contribution in [0.15, 0.2) is 66.7 Å². The van der Waals surface area contributed by atoms with E-state index in [9.17, 15) is 30.7 Å². The topological polar surface area (TPSA) is 0 Å². The summed E-state index contributed by atoms with van der Waals surface area (Å²) in [6.45, 7) is 0. The molecular weight excluding hydrogens is 397 g/mol. The first kappa shape index (κ1) is 19.5. The summed E-state index contributed by atoms with van der Waals surface area (Å²) in [5, 5.41) is 4.04. The first-order chi connectivity index (χ1) is 13.5. The third-order valence-corrected chi connectivity index (χ3v) is 5.02. The quantitative estimate of drug-likeness (QED) is 0.242. The highest BCUT2D eigenvalue weighted by molar-refractivity contribution is 6.05. The first-order valence-electron chi connectivity index (χ1n) is 8.66. The van der Waals surface area contributed by atoms with E-state index in [4.69, 9.17) is 0 Å². The molecule has 29 heavy (non-hydrogen) atoms. The highest BCUT2D eigenvalue weighted by Gasteiger charge is 2.72. The third kappa shape index (κ3) is 3.18. The molecule has 4 aromatic rings. The molecule has 0 heterocycles. The maximum Gasteiger partial charge on any atom is 0.459 e. The average molecular weight is 410 g/mol. The summed E-state index contributed by atoms with van der Waals surface area (Å²) < 4.78 is 92.0. The van der Waals surface area contributed by atoms with Gasteiger partial charge in [-0.15, -0.1) is 0 Å². The highest BCUT2D eigenvalue weighted by Crippen LogP contribution is 2.48. The van der Waals surface area contributed by atoms with Crippen LogP contribution in [0.2, 0.25) is 0 Å². The van der Waals surface area contributed by atoms with Gasteiger partial charge in [-0.2, -0.15) is 30.7 Å². The molecule has 0 fully saturated rings. The Bertz CT molecular complexity index is 1220. The minimum absolute atomic E-state index is 0.216. The summed E-state index contributed by atoms with van der Waals surface area (Å²) in [5.74, 6) is -11.4. The van der Waals surface area contributed by atoms with Crippen molar-refractivity contribution in [3.8, 4) is 0 Å². The Morgan fingerprint density at radius 1 is 0.552 bits per heavy atom. The number of benzene rings is 4. The Kier molecular flexibility index (Phi) is 4.26. The van der Waals surface area contributed by atoms with E-state index in [0.29, 0.717) is 10.8 Å². The summed E-state index contributed by atoms with van der Waals surface area (Å²) in [5.41, 5.74) is -0.272. The van der Waals surface area contributed by atoms with Crippen LogP contribution in [0.3, 0.4) is 0 Å². The molecule has 0 atom stereocenters. The van der Waals surface area contributed by atoms with Gasteiger partial charge in [0, 0.05) is 6.42 Å². The van der Waals surface area contributed by atoms with Gasteiger partial charge in [0.05, 0.1) is 0 Å². The largest absolute Gasteiger partial charge is 0.459 e. The van der Waals surface area contributed by atoms with Crippen LogP contribution in [0, 0.1) is 0 Å². The molecule has 0 radical (unpaired) electrons. The first-order valence-corrected chi connectivity index (χ1v) is 8.66. The number of rotatable bonds is 3. The molecule has 0 aliphatic rings. The van der Waals surface area contributed by atoms with Crippen molar-refractivity contribution in [2.24, 2.45) is 0 Å². The zero-order chi connectivity index (χ0) is 21.0. The van der Waals surface area contributed by atoms with Crippen molar-refractivity contribution in [1.82, 2.24) is 0 Å². The van der Waals surface area contributed by atoms with E-state index >= 15 is 0 Å². The summed E-state index contributed by atoms with van der Waals surface area (Å²) in [7, 11) is 0. The second-order valence-corrected chi connectivity index (χ2v) is 6.99. The van der Waals surface area contributed by atoms with Gasteiger partial charge in [-0.3, -0.25) is 0 Å². The lowest BCUT2D eigenvalue weighted by atomic mass is 9.93. The fourth-order valence-electron chi connectivity index (χ4n) is 3.50. The Labute approximate surface area is 160 Å². The summed E-state index contributed by atoms with van der Waals surface area (Å²) in [4.78, 5) is 0. The molecule has 0 aliphatic heterocycles. The maximum absolute atomic E-state index is 14.0. The average Bonchev–Trinajstić information content (AvgIpc) is 2.64. The molecule has 0 aliphatic carbocycles. The van der Waals surface area contributed by atoms with Crippen LogP contribution in [0.5, 0.6) is 0 Å². The summed E-state index contributed by atoms with van der Waals surface area (Å²) in [6, 6.07) is 18.6. The van der Waals surface area contributed by atoms with Gasteiger partial charge in [0.25, 0.3) is 0 Å². The van der Waals surface area contributed by atoms with E-state index in [1.54, 1.807) is 18.2 Å². The van der Waals surface area contributed by atoms with E-state index < -0.39 is 24.4 Å². The van der Waals surface area contributed by atoms with Gasteiger partial charge < -0.3 is 0 Å². The molecule has 0 N–H and O–H groups in total. The smallest absolute Gasteiger partial charge is 0.199 e. The van der Waals surface area contributed by atoms with E-state index in [2.05, 4.69) is 0 Å². The molecule has 0 spiro atoms. The number of hydrogen-bond acceptors (Lipinski definition) is 0. The van der Waals surface area contributed by atoms with Gasteiger partial charge in [0.15, 0.2) is 0 Å². The molecule has 0 bridgehead atoms. The minimum atomic E-state index is -6.34. The Balaban J connectivity index is 1.87. The van der Waals surface area contributed by atoms with Gasteiger partial charge in [-0.1, -0.05) is 42.5 Å². The van der Waals surface area contributed by atoms with Crippen LogP contribution in [0.1, 0.15) is 5.56 Å². The third-order valence-electron chi connectivity index (χ3n) is 5.02. The van der Waals surface area contributed by atoms with Crippen LogP contribution < -0.4 is 0 Å². The number of halogens is 7. The SMILES string of the molecule is FC(F)(F)C(F)(F)C(F)(F)Cc1cccc2cc3cc4ccccc4cc3cc12. The van der Waals surface area contributed by atoms with Gasteiger partial charge in [-0.05, 0) is 62.1 Å². The van der Waals surface area contributed by atoms with Gasteiger partial charge in [0.1, 0.15) is 0 Å². The van der Waals surface area contributed by atoms with Crippen molar-refractivity contribution in [1.29, 1.82) is 0 Å². The van der Waals surface area contributed by atoms with Crippen molar-refractivity contribution >= 4 is 32.3 Å². The molecule has 0 saturated carbocycles. The lowest BCUT2D eigenvalue weighted by molar-refractivity contribution is -0.353. The second kappa shape index (κ2) is 6.34. The van der Waals surface area contributed by atoms with Gasteiger partial charge in [-0.25, -0.2) is 0 Å². The zero-order valence-corrected chi connectivity index (χ0v) is 14.7. The monoisotopic (exact) mass is 410 g/mol. The fourth-order valence-corrected chi connectivity index (χ4v) is 3.50. The highest BCUT2D eigenvalue weighted by atomic mass is 19.4. The van der Waals surface area contributed by atoms with Crippen LogP contribution in [0.4, 0.5) is 30.7 Å². The van der Waals surface area contributed by atoms with E-state index in [1.165, 1.54) is 6.07 Å². The van der Waals surface area contributed by atoms with Gasteiger partial charge >= 0.3 is 18.0 Å². The van der Waals surface area contributed by atoms with Crippen LogP contribution >= 0.6 is 0 Å². The van der Waals surface area contributed by atoms with E-state index in [0.717, 1.165) is 22.2 Å². The lowest BCUT2D eigenvalue weighted by Gasteiger charge is -2.28. The van der Waals surface area contributed by atoms with Crippen molar-refractivity contribution in [2.45, 2.75) is 24.4 Å². The van der Waals surface area contributed by atoms with Crippen LogP contribution in [-0.2, 0) is 6.42 Å². The lowest BCUT2D eigenvalue weighted by Crippen LogP contribution is -2.53. The van der Waals surface area contributed by atoms with Gasteiger partial charge in [0.2, 0.25) is 0 Å². The van der Waals surface area contributed by atoms with E-state index in [-0.39, 0.29) is 10.9 Å². The Morgan fingerprint density at radius 2 is 1.07 bits per heavy atom. The molecule has 0 amide bonds. The van der Waals surface area contributed by atoms with Crippen molar-refractivity contribution in [3.63, 3.8) is 0 Å². The van der Waals surface area contributed by atoms with E-state index in [1.807, 2.05) is 36.4 Å². The summed E-state index contributed by atoms with van der Waals surface area (Å²) >= 11 is 0. The summed E-state index contributed by atoms with van der Waals surface area (Å²) in [6.07, 6.45) is -8.07. The predicted octanol–water partition coefficient (Wildman–Crippen LogP) is 7.52. The van der Waals surface area contributed by atoms with Crippen molar-refractivity contribution < 1.29 is 30.7 Å². The molecule has 7 heteroatoms. The Morgan fingerprint density at radius 3 is 1.66 bits per heavy atom. The number of alkyl halides is 7. The number of fused-ring (bicyclic) bond motifs is 3. The molecule has 0 saturated heterocycles. The normalized spacial score (nSPS) is 13.5. The Hall–Kier alpha value is -2.83. The predicted molar refractivity (Wildman–Crippen MR) is 98.6 cm³/mol. The molecule has 4 rings (SSSR count).